The number of carbonyl (C=O) groups excluding carboxylic acids is 1. The molecule has 2 aliphatic rings. The molecule has 2 N–H and O–H groups in total. The van der Waals surface area contributed by atoms with E-state index in [-0.39, 0.29) is 28.3 Å². The van der Waals surface area contributed by atoms with E-state index < -0.39 is 0 Å². The maximum atomic E-state index is 12.6. The maximum Gasteiger partial charge on any atom is 0.312 e. The van der Waals surface area contributed by atoms with Crippen LogP contribution in [0, 0.1) is 22.7 Å². The number of nitrogens with zero attached hydrogens (tertiary/aromatic N) is 1. The molecule has 0 radical (unpaired) electrons. The highest BCUT2D eigenvalue weighted by molar-refractivity contribution is 5.75. The van der Waals surface area contributed by atoms with Crippen LogP contribution in [-0.4, -0.2) is 43.7 Å². The molecule has 4 nitrogen and oxygen atoms in total. The summed E-state index contributed by atoms with van der Waals surface area (Å²) in [7, 11) is 4.20. The fourth-order valence-corrected chi connectivity index (χ4v) is 5.57. The van der Waals surface area contributed by atoms with Crippen molar-refractivity contribution in [1.29, 1.82) is 0 Å². The molecule has 0 unspecified atom stereocenters. The largest absolute Gasteiger partial charge is 0.466 e. The van der Waals surface area contributed by atoms with Gasteiger partial charge in [-0.25, -0.2) is 0 Å². The summed E-state index contributed by atoms with van der Waals surface area (Å²) in [4.78, 5) is 14.8. The lowest BCUT2D eigenvalue weighted by Gasteiger charge is -2.55. The van der Waals surface area contributed by atoms with E-state index in [9.17, 15) is 4.79 Å². The average molecular weight is 296 g/mol. The van der Waals surface area contributed by atoms with E-state index in [1.165, 1.54) is 12.8 Å². The van der Waals surface area contributed by atoms with E-state index in [1.807, 2.05) is 6.92 Å². The first-order chi connectivity index (χ1) is 9.69. The highest BCUT2D eigenvalue weighted by Crippen LogP contribution is 2.72. The van der Waals surface area contributed by atoms with Gasteiger partial charge in [-0.3, -0.25) is 4.79 Å². The van der Waals surface area contributed by atoms with Crippen LogP contribution in [0.15, 0.2) is 0 Å². The van der Waals surface area contributed by atoms with Crippen molar-refractivity contribution < 1.29 is 9.53 Å². The van der Waals surface area contributed by atoms with Gasteiger partial charge in [0.25, 0.3) is 0 Å². The topological polar surface area (TPSA) is 55.6 Å². The molecule has 2 rings (SSSR count). The minimum atomic E-state index is -0.248. The number of rotatable bonds is 5. The second kappa shape index (κ2) is 5.24. The molecule has 4 atom stereocenters. The summed E-state index contributed by atoms with van der Waals surface area (Å²) < 4.78 is 5.36. The number of nitrogens with two attached hydrogens (primary N) is 1. The quantitative estimate of drug-likeness (QED) is 0.791. The number of hydrogen-bond acceptors (Lipinski definition) is 4. The van der Waals surface area contributed by atoms with E-state index >= 15 is 0 Å². The van der Waals surface area contributed by atoms with Gasteiger partial charge in [-0.2, -0.15) is 0 Å². The number of carbonyl (C=O) groups is 1. The van der Waals surface area contributed by atoms with Crippen molar-refractivity contribution in [2.45, 2.75) is 52.5 Å². The molecule has 0 spiro atoms. The van der Waals surface area contributed by atoms with Crippen molar-refractivity contribution in [2.75, 3.05) is 27.2 Å². The molecule has 0 saturated heterocycles. The zero-order chi connectivity index (χ0) is 16.1. The molecule has 0 amide bonds. The first-order valence-electron chi connectivity index (χ1n) is 8.23. The zero-order valence-electron chi connectivity index (χ0n) is 14.5. The van der Waals surface area contributed by atoms with Gasteiger partial charge < -0.3 is 15.4 Å². The van der Waals surface area contributed by atoms with Crippen LogP contribution in [0.3, 0.4) is 0 Å². The molecule has 0 aromatic heterocycles. The van der Waals surface area contributed by atoms with Crippen molar-refractivity contribution in [1.82, 2.24) is 4.90 Å². The van der Waals surface area contributed by atoms with Gasteiger partial charge in [-0.15, -0.1) is 0 Å². The van der Waals surface area contributed by atoms with Gasteiger partial charge in [0.05, 0.1) is 12.5 Å². The smallest absolute Gasteiger partial charge is 0.312 e. The monoisotopic (exact) mass is 296 g/mol. The summed E-state index contributed by atoms with van der Waals surface area (Å²) in [6.07, 6.45) is 3.47. The van der Waals surface area contributed by atoms with Gasteiger partial charge in [-0.1, -0.05) is 20.8 Å². The summed E-state index contributed by atoms with van der Waals surface area (Å²) in [5, 5.41) is 0. The van der Waals surface area contributed by atoms with Gasteiger partial charge in [-0.05, 0) is 57.0 Å². The molecular formula is C17H32N2O2. The summed E-state index contributed by atoms with van der Waals surface area (Å²) in [5.74, 6) is 0.286. The standard InChI is InChI=1S/C17H32N2O2/c1-7-21-14(20)13(11-18)17(19(5)6)10-12-8-9-16(17,4)15(12,2)3/h12-13H,7-11,18H2,1-6H3/t12-,13-,16+,17-/m1/s1. The highest BCUT2D eigenvalue weighted by Gasteiger charge is 2.72. The van der Waals surface area contributed by atoms with Crippen LogP contribution >= 0.6 is 0 Å². The number of ether oxygens (including phenoxy) is 1. The number of fused-ring (bicyclic) bond motifs is 2. The Morgan fingerprint density at radius 2 is 2.00 bits per heavy atom. The van der Waals surface area contributed by atoms with Gasteiger partial charge in [0.1, 0.15) is 0 Å². The van der Waals surface area contributed by atoms with Crippen molar-refractivity contribution in [3.8, 4) is 0 Å². The fourth-order valence-electron chi connectivity index (χ4n) is 5.57. The predicted molar refractivity (Wildman–Crippen MR) is 84.8 cm³/mol. The normalized spacial score (nSPS) is 38.8. The van der Waals surface area contributed by atoms with Gasteiger partial charge in [0, 0.05) is 12.1 Å². The summed E-state index contributed by atoms with van der Waals surface area (Å²) in [5.41, 5.74) is 6.19. The Balaban J connectivity index is 2.51. The maximum absolute atomic E-state index is 12.6. The molecular weight excluding hydrogens is 264 g/mol. The van der Waals surface area contributed by atoms with Crippen LogP contribution in [0.5, 0.6) is 0 Å². The summed E-state index contributed by atoms with van der Waals surface area (Å²) in [6.45, 7) is 9.74. The Kier molecular flexibility index (Phi) is 4.18. The molecule has 0 heterocycles. The van der Waals surface area contributed by atoms with E-state index in [0.29, 0.717) is 19.1 Å². The van der Waals surface area contributed by atoms with Crippen LogP contribution in [0.2, 0.25) is 0 Å². The molecule has 0 aromatic carbocycles. The van der Waals surface area contributed by atoms with Crippen molar-refractivity contribution in [3.63, 3.8) is 0 Å². The lowest BCUT2D eigenvalue weighted by molar-refractivity contribution is -0.160. The molecule has 122 valence electrons. The molecule has 4 heteroatoms. The predicted octanol–water partition coefficient (Wildman–Crippen LogP) is 2.27. The van der Waals surface area contributed by atoms with Gasteiger partial charge in [0.15, 0.2) is 0 Å². The molecule has 2 fully saturated rings. The highest BCUT2D eigenvalue weighted by atomic mass is 16.5. The minimum absolute atomic E-state index is 0.0883. The molecule has 21 heavy (non-hydrogen) atoms. The van der Waals surface area contributed by atoms with Crippen LogP contribution in [0.4, 0.5) is 0 Å². The molecule has 2 bridgehead atoms. The number of hydrogen-bond donors (Lipinski definition) is 1. The van der Waals surface area contributed by atoms with Gasteiger partial charge >= 0.3 is 5.97 Å². The SMILES string of the molecule is CCOC(=O)[C@@H](CN)[C@]1(N(C)C)C[C@H]2CC[C@@]1(C)C2(C)C. The third kappa shape index (κ3) is 1.91. The Hall–Kier alpha value is -0.610. The average Bonchev–Trinajstić information content (AvgIpc) is 2.71. The van der Waals surface area contributed by atoms with Crippen LogP contribution in [0.1, 0.15) is 47.0 Å². The van der Waals surface area contributed by atoms with Crippen LogP contribution in [-0.2, 0) is 9.53 Å². The summed E-state index contributed by atoms with van der Waals surface area (Å²) in [6, 6.07) is 0. The van der Waals surface area contributed by atoms with E-state index in [0.717, 1.165) is 6.42 Å². The second-order valence-corrected chi connectivity index (χ2v) is 7.85. The first kappa shape index (κ1) is 16.8. The van der Waals surface area contributed by atoms with Crippen molar-refractivity contribution in [2.24, 2.45) is 28.4 Å². The Morgan fingerprint density at radius 3 is 2.33 bits per heavy atom. The Bertz CT molecular complexity index is 421. The number of esters is 1. The lowest BCUT2D eigenvalue weighted by Crippen LogP contribution is -2.64. The van der Waals surface area contributed by atoms with Crippen LogP contribution < -0.4 is 5.73 Å². The molecule has 0 aliphatic heterocycles. The van der Waals surface area contributed by atoms with E-state index in [4.69, 9.17) is 10.5 Å². The van der Waals surface area contributed by atoms with Crippen LogP contribution in [0.25, 0.3) is 0 Å². The van der Waals surface area contributed by atoms with E-state index in [1.54, 1.807) is 0 Å². The van der Waals surface area contributed by atoms with E-state index in [2.05, 4.69) is 39.8 Å². The third-order valence-corrected chi connectivity index (χ3v) is 7.13. The third-order valence-electron chi connectivity index (χ3n) is 7.13. The summed E-state index contributed by atoms with van der Waals surface area (Å²) >= 11 is 0. The molecule has 0 aromatic rings. The Morgan fingerprint density at radius 1 is 1.38 bits per heavy atom. The molecule has 2 saturated carbocycles. The molecule has 2 aliphatic carbocycles. The van der Waals surface area contributed by atoms with Gasteiger partial charge in [0.2, 0.25) is 0 Å². The first-order valence-corrected chi connectivity index (χ1v) is 8.23. The van der Waals surface area contributed by atoms with Crippen molar-refractivity contribution >= 4 is 5.97 Å². The Labute approximate surface area is 129 Å². The lowest BCUT2D eigenvalue weighted by atomic mass is 9.58. The zero-order valence-corrected chi connectivity index (χ0v) is 14.5. The minimum Gasteiger partial charge on any atom is -0.466 e. The van der Waals surface area contributed by atoms with Crippen molar-refractivity contribution in [3.05, 3.63) is 0 Å². The second-order valence-electron chi connectivity index (χ2n) is 7.85. The fraction of sp³-hybridized carbons (Fsp3) is 0.941.